The van der Waals surface area contributed by atoms with Gasteiger partial charge in [0, 0.05) is 25.0 Å². The smallest absolute Gasteiger partial charge is 0.265 e. The van der Waals surface area contributed by atoms with Gasteiger partial charge in [-0.2, -0.15) is 0 Å². The van der Waals surface area contributed by atoms with Crippen LogP contribution in [0.1, 0.15) is 43.8 Å². The molecule has 1 amide bonds. The van der Waals surface area contributed by atoms with Crippen LogP contribution in [0.3, 0.4) is 0 Å². The zero-order valence-electron chi connectivity index (χ0n) is 17.3. The van der Waals surface area contributed by atoms with Crippen molar-refractivity contribution in [3.63, 3.8) is 0 Å². The van der Waals surface area contributed by atoms with Crippen LogP contribution in [0.5, 0.6) is 5.75 Å². The quantitative estimate of drug-likeness (QED) is 0.393. The van der Waals surface area contributed by atoms with Gasteiger partial charge in [0.1, 0.15) is 10.8 Å². The summed E-state index contributed by atoms with van der Waals surface area (Å²) in [7, 11) is 0. The fourth-order valence-corrected chi connectivity index (χ4v) is 3.87. The number of hydrogen-bond donors (Lipinski definition) is 2. The monoisotopic (exact) mass is 415 g/mol. The van der Waals surface area contributed by atoms with Gasteiger partial charge in [-0.1, -0.05) is 26.0 Å². The number of rotatable bonds is 8. The number of para-hydroxylation sites is 2. The van der Waals surface area contributed by atoms with E-state index < -0.39 is 0 Å². The Morgan fingerprint density at radius 2 is 2.17 bits per heavy atom. The van der Waals surface area contributed by atoms with Gasteiger partial charge < -0.3 is 20.3 Å². The van der Waals surface area contributed by atoms with Crippen LogP contribution < -0.4 is 20.3 Å². The van der Waals surface area contributed by atoms with Crippen LogP contribution in [0.15, 0.2) is 34.6 Å². The van der Waals surface area contributed by atoms with E-state index in [0.29, 0.717) is 25.6 Å². The first-order chi connectivity index (χ1) is 14.1. The summed E-state index contributed by atoms with van der Waals surface area (Å²) >= 11 is 1.65. The lowest BCUT2D eigenvalue weighted by Crippen LogP contribution is -2.42. The zero-order chi connectivity index (χ0) is 20.6. The molecule has 7 nitrogen and oxygen atoms in total. The highest BCUT2D eigenvalue weighted by Gasteiger charge is 2.24. The molecule has 0 bridgehead atoms. The van der Waals surface area contributed by atoms with Gasteiger partial charge in [0.05, 0.1) is 17.9 Å². The van der Waals surface area contributed by atoms with E-state index in [2.05, 4.69) is 39.8 Å². The van der Waals surface area contributed by atoms with Crippen molar-refractivity contribution in [3.8, 4) is 5.75 Å². The van der Waals surface area contributed by atoms with E-state index >= 15 is 0 Å². The molecule has 0 spiro atoms. The fourth-order valence-electron chi connectivity index (χ4n) is 2.99. The minimum absolute atomic E-state index is 0.00556. The van der Waals surface area contributed by atoms with E-state index in [1.54, 1.807) is 16.2 Å². The molecule has 1 aromatic heterocycles. The second-order valence-electron chi connectivity index (χ2n) is 7.10. The third-order valence-electron chi connectivity index (χ3n) is 4.54. The van der Waals surface area contributed by atoms with Crippen molar-refractivity contribution in [2.75, 3.05) is 31.1 Å². The molecular formula is C21H29N5O2S. The molecule has 0 saturated carbocycles. The van der Waals surface area contributed by atoms with Crippen LogP contribution in [0.25, 0.3) is 0 Å². The maximum absolute atomic E-state index is 12.2. The molecule has 2 N–H and O–H groups in total. The normalized spacial score (nSPS) is 14.0. The lowest BCUT2D eigenvalue weighted by molar-refractivity contribution is -0.121. The number of nitrogens with one attached hydrogen (secondary N) is 2. The van der Waals surface area contributed by atoms with Gasteiger partial charge in [-0.3, -0.25) is 4.79 Å². The number of nitrogens with zero attached hydrogens (tertiary/aromatic N) is 3. The van der Waals surface area contributed by atoms with E-state index in [-0.39, 0.29) is 12.5 Å². The van der Waals surface area contributed by atoms with Crippen molar-refractivity contribution in [2.24, 2.45) is 4.99 Å². The molecule has 0 saturated heterocycles. The standard InChI is InChI=1S/C21H29N5O2S/c1-4-22-21(24-12-19-25-16(14-29-19)15(2)3)23-10-7-11-26-17-8-5-6-9-18(17)28-13-20(26)27/h5-6,8-9,14-15H,4,7,10-13H2,1-3H3,(H2,22,23,24). The van der Waals surface area contributed by atoms with Crippen LogP contribution in [0, 0.1) is 0 Å². The van der Waals surface area contributed by atoms with Gasteiger partial charge in [-0.05, 0) is 31.4 Å². The van der Waals surface area contributed by atoms with E-state index in [9.17, 15) is 4.79 Å². The Balaban J connectivity index is 1.51. The Morgan fingerprint density at radius 1 is 1.34 bits per heavy atom. The number of ether oxygens (including phenoxy) is 1. The van der Waals surface area contributed by atoms with Crippen LogP contribution in [0.2, 0.25) is 0 Å². The third-order valence-corrected chi connectivity index (χ3v) is 5.39. The second kappa shape index (κ2) is 10.2. The number of aliphatic imine (C=N–C) groups is 1. The van der Waals surface area contributed by atoms with E-state index in [4.69, 9.17) is 4.74 Å². The van der Waals surface area contributed by atoms with Crippen molar-refractivity contribution >= 4 is 28.9 Å². The Labute approximate surface area is 176 Å². The maximum Gasteiger partial charge on any atom is 0.265 e. The number of fused-ring (bicyclic) bond motifs is 1. The minimum Gasteiger partial charge on any atom is -0.482 e. The van der Waals surface area contributed by atoms with Crippen molar-refractivity contribution in [1.82, 2.24) is 15.6 Å². The predicted molar refractivity (Wildman–Crippen MR) is 118 cm³/mol. The lowest BCUT2D eigenvalue weighted by Gasteiger charge is -2.29. The van der Waals surface area contributed by atoms with Crippen LogP contribution in [-0.4, -0.2) is 43.1 Å². The van der Waals surface area contributed by atoms with E-state index in [0.717, 1.165) is 41.1 Å². The highest BCUT2D eigenvalue weighted by molar-refractivity contribution is 7.09. The lowest BCUT2D eigenvalue weighted by atomic mass is 10.2. The Morgan fingerprint density at radius 3 is 2.93 bits per heavy atom. The number of thiazole rings is 1. The number of hydrogen-bond acceptors (Lipinski definition) is 5. The molecule has 1 aliphatic rings. The number of benzene rings is 1. The fraction of sp³-hybridized carbons (Fsp3) is 0.476. The highest BCUT2D eigenvalue weighted by Crippen LogP contribution is 2.31. The van der Waals surface area contributed by atoms with E-state index in [1.165, 1.54) is 0 Å². The Kier molecular flexibility index (Phi) is 7.46. The van der Waals surface area contributed by atoms with Crippen molar-refractivity contribution in [2.45, 2.75) is 39.7 Å². The average molecular weight is 416 g/mol. The molecule has 3 rings (SSSR count). The molecular weight excluding hydrogens is 386 g/mol. The molecule has 2 aromatic rings. The predicted octanol–water partition coefficient (Wildman–Crippen LogP) is 3.14. The molecule has 8 heteroatoms. The zero-order valence-corrected chi connectivity index (χ0v) is 18.1. The molecule has 0 radical (unpaired) electrons. The Bertz CT molecular complexity index is 849. The summed E-state index contributed by atoms with van der Waals surface area (Å²) in [5, 5.41) is 9.73. The summed E-state index contributed by atoms with van der Waals surface area (Å²) in [6.45, 7) is 9.13. The SMILES string of the molecule is CCNC(=NCc1nc(C(C)C)cs1)NCCCN1C(=O)COc2ccccc21. The first-order valence-corrected chi connectivity index (χ1v) is 10.9. The summed E-state index contributed by atoms with van der Waals surface area (Å²) in [4.78, 5) is 23.3. The van der Waals surface area contributed by atoms with Crippen molar-refractivity contribution in [1.29, 1.82) is 0 Å². The van der Waals surface area contributed by atoms with Crippen molar-refractivity contribution in [3.05, 3.63) is 40.3 Å². The highest BCUT2D eigenvalue weighted by atomic mass is 32.1. The number of guanidine groups is 1. The van der Waals surface area contributed by atoms with Crippen molar-refractivity contribution < 1.29 is 9.53 Å². The minimum atomic E-state index is -0.00556. The van der Waals surface area contributed by atoms with Gasteiger partial charge in [0.15, 0.2) is 12.6 Å². The van der Waals surface area contributed by atoms with E-state index in [1.807, 2.05) is 31.2 Å². The number of amides is 1. The van der Waals surface area contributed by atoms with Crippen LogP contribution >= 0.6 is 11.3 Å². The van der Waals surface area contributed by atoms with Crippen LogP contribution in [0.4, 0.5) is 5.69 Å². The molecule has 156 valence electrons. The van der Waals surface area contributed by atoms with Gasteiger partial charge in [-0.15, -0.1) is 11.3 Å². The largest absolute Gasteiger partial charge is 0.482 e. The first-order valence-electron chi connectivity index (χ1n) is 10.1. The topological polar surface area (TPSA) is 78.9 Å². The molecule has 1 aromatic carbocycles. The van der Waals surface area contributed by atoms with Gasteiger partial charge >= 0.3 is 0 Å². The summed E-state index contributed by atoms with van der Waals surface area (Å²) in [6, 6.07) is 7.66. The first kappa shape index (κ1) is 21.1. The number of carbonyl (C=O) groups is 1. The third kappa shape index (κ3) is 5.69. The summed E-state index contributed by atoms with van der Waals surface area (Å²) < 4.78 is 5.49. The summed E-state index contributed by atoms with van der Waals surface area (Å²) in [5.41, 5.74) is 1.96. The molecule has 0 unspecified atom stereocenters. The van der Waals surface area contributed by atoms with Gasteiger partial charge in [-0.25, -0.2) is 9.98 Å². The number of anilines is 1. The van der Waals surface area contributed by atoms with Gasteiger partial charge in [0.25, 0.3) is 5.91 Å². The maximum atomic E-state index is 12.2. The molecule has 29 heavy (non-hydrogen) atoms. The summed E-state index contributed by atoms with van der Waals surface area (Å²) in [5.74, 6) is 1.96. The number of aromatic nitrogens is 1. The molecule has 0 fully saturated rings. The molecule has 0 aliphatic carbocycles. The van der Waals surface area contributed by atoms with Crippen LogP contribution in [-0.2, 0) is 11.3 Å². The Hall–Kier alpha value is -2.61. The summed E-state index contributed by atoms with van der Waals surface area (Å²) in [6.07, 6.45) is 0.805. The molecule has 1 aliphatic heterocycles. The molecule has 0 atom stereocenters. The average Bonchev–Trinajstić information content (AvgIpc) is 3.20. The second-order valence-corrected chi connectivity index (χ2v) is 8.04. The molecule has 2 heterocycles. The van der Waals surface area contributed by atoms with Gasteiger partial charge in [0.2, 0.25) is 0 Å². The number of carbonyl (C=O) groups excluding carboxylic acids is 1.